The van der Waals surface area contributed by atoms with Gasteiger partial charge in [0.15, 0.2) is 5.13 Å². The summed E-state index contributed by atoms with van der Waals surface area (Å²) in [5.41, 5.74) is 0. The topological polar surface area (TPSA) is 28.2 Å². The summed E-state index contributed by atoms with van der Waals surface area (Å²) in [4.78, 5) is 8.30. The molecule has 1 heterocycles. The van der Waals surface area contributed by atoms with E-state index < -0.39 is 0 Å². The molecule has 0 aliphatic heterocycles. The molecule has 3 nitrogen and oxygen atoms in total. The zero-order valence-electron chi connectivity index (χ0n) is 12.2. The molecule has 0 saturated heterocycles. The maximum atomic E-state index is 4.59. The van der Waals surface area contributed by atoms with Crippen LogP contribution < -0.4 is 10.2 Å². The minimum absolute atomic E-state index is 0.405. The Labute approximate surface area is 120 Å². The summed E-state index contributed by atoms with van der Waals surface area (Å²) < 4.78 is 0. The summed E-state index contributed by atoms with van der Waals surface area (Å²) in [6.07, 6.45) is 7.95. The zero-order valence-corrected chi connectivity index (χ0v) is 13.0. The molecule has 1 N–H and O–H groups in total. The van der Waals surface area contributed by atoms with Gasteiger partial charge in [0.05, 0.1) is 0 Å². The van der Waals surface area contributed by atoms with E-state index in [0.717, 1.165) is 17.8 Å². The number of thiazole rings is 1. The van der Waals surface area contributed by atoms with Gasteiger partial charge in [0, 0.05) is 30.7 Å². The smallest absolute Gasteiger partial charge is 0.185 e. The van der Waals surface area contributed by atoms with E-state index in [0.29, 0.717) is 6.04 Å². The van der Waals surface area contributed by atoms with Crippen LogP contribution in [0.3, 0.4) is 0 Å². The van der Waals surface area contributed by atoms with E-state index in [-0.39, 0.29) is 0 Å². The van der Waals surface area contributed by atoms with Gasteiger partial charge in [0.2, 0.25) is 0 Å². The van der Waals surface area contributed by atoms with Crippen LogP contribution >= 0.6 is 11.3 Å². The highest BCUT2D eigenvalue weighted by molar-refractivity contribution is 7.15. The molecule has 4 heteroatoms. The Morgan fingerprint density at radius 3 is 2.95 bits per heavy atom. The second-order valence-electron chi connectivity index (χ2n) is 6.37. The molecular weight excluding hydrogens is 254 g/mol. The molecule has 0 aromatic carbocycles. The fraction of sp³-hybridized carbons (Fsp3) is 0.800. The van der Waals surface area contributed by atoms with Crippen molar-refractivity contribution in [3.63, 3.8) is 0 Å². The summed E-state index contributed by atoms with van der Waals surface area (Å²) in [5.74, 6) is 2.96. The minimum atomic E-state index is 0.405. The lowest BCUT2D eigenvalue weighted by Crippen LogP contribution is -2.28. The van der Waals surface area contributed by atoms with E-state index in [1.807, 2.05) is 24.6 Å². The Morgan fingerprint density at radius 2 is 2.32 bits per heavy atom. The Balaban J connectivity index is 1.61. The van der Waals surface area contributed by atoms with Gasteiger partial charge in [-0.1, -0.05) is 6.42 Å². The molecule has 2 aliphatic carbocycles. The highest BCUT2D eigenvalue weighted by atomic mass is 32.1. The molecule has 4 unspecified atom stereocenters. The third kappa shape index (κ3) is 2.65. The molecule has 2 saturated carbocycles. The van der Waals surface area contributed by atoms with E-state index in [1.54, 1.807) is 0 Å². The Morgan fingerprint density at radius 1 is 1.47 bits per heavy atom. The molecule has 2 fully saturated rings. The van der Waals surface area contributed by atoms with Crippen LogP contribution in [0.2, 0.25) is 0 Å². The van der Waals surface area contributed by atoms with Gasteiger partial charge in [-0.25, -0.2) is 4.98 Å². The molecule has 0 radical (unpaired) electrons. The minimum Gasteiger partial charge on any atom is -0.351 e. The van der Waals surface area contributed by atoms with E-state index in [9.17, 15) is 0 Å². The van der Waals surface area contributed by atoms with E-state index in [4.69, 9.17) is 0 Å². The van der Waals surface area contributed by atoms with Crippen molar-refractivity contribution in [1.82, 2.24) is 10.3 Å². The SMILES string of the molecule is CNC(C)c1cnc(N(C)CC2CC3CCC2C3)s1. The number of fused-ring (bicyclic) bond motifs is 2. The largest absolute Gasteiger partial charge is 0.351 e. The molecule has 0 spiro atoms. The normalized spacial score (nSPS) is 30.8. The van der Waals surface area contributed by atoms with Crippen molar-refractivity contribution < 1.29 is 0 Å². The predicted octanol–water partition coefficient (Wildman–Crippen LogP) is 3.30. The molecule has 2 bridgehead atoms. The van der Waals surface area contributed by atoms with Gasteiger partial charge in [0.25, 0.3) is 0 Å². The van der Waals surface area contributed by atoms with Crippen molar-refractivity contribution >= 4 is 16.5 Å². The number of nitrogens with one attached hydrogen (secondary N) is 1. The molecule has 3 rings (SSSR count). The lowest BCUT2D eigenvalue weighted by Gasteiger charge is -2.26. The molecule has 19 heavy (non-hydrogen) atoms. The first-order valence-corrected chi connectivity index (χ1v) is 8.33. The maximum absolute atomic E-state index is 4.59. The number of anilines is 1. The van der Waals surface area contributed by atoms with Crippen molar-refractivity contribution in [2.45, 2.75) is 38.6 Å². The summed E-state index contributed by atoms with van der Waals surface area (Å²) >= 11 is 1.83. The van der Waals surface area contributed by atoms with E-state index >= 15 is 0 Å². The molecule has 4 atom stereocenters. The summed E-state index contributed by atoms with van der Waals surface area (Å²) in [7, 11) is 4.21. The number of nitrogens with zero attached hydrogens (tertiary/aromatic N) is 2. The fourth-order valence-electron chi connectivity index (χ4n) is 3.83. The summed E-state index contributed by atoms with van der Waals surface area (Å²) in [5, 5.41) is 4.46. The van der Waals surface area contributed by atoms with Gasteiger partial charge in [-0.15, -0.1) is 11.3 Å². The Kier molecular flexibility index (Phi) is 3.81. The standard InChI is InChI=1S/C15H25N3S/c1-10(16-2)14-8-17-15(19-14)18(3)9-13-7-11-4-5-12(13)6-11/h8,10-13,16H,4-7,9H2,1-3H3. The Hall–Kier alpha value is -0.610. The van der Waals surface area contributed by atoms with Gasteiger partial charge in [-0.05, 0) is 51.0 Å². The van der Waals surface area contributed by atoms with Crippen molar-refractivity contribution in [3.8, 4) is 0 Å². The fourth-order valence-corrected chi connectivity index (χ4v) is 4.77. The van der Waals surface area contributed by atoms with E-state index in [1.165, 1.54) is 42.2 Å². The van der Waals surface area contributed by atoms with Gasteiger partial charge in [-0.3, -0.25) is 0 Å². The summed E-state index contributed by atoms with van der Waals surface area (Å²) in [6.45, 7) is 3.38. The second kappa shape index (κ2) is 5.41. The molecule has 2 aliphatic rings. The molecule has 0 amide bonds. The summed E-state index contributed by atoms with van der Waals surface area (Å²) in [6, 6.07) is 0.405. The molecule has 1 aromatic rings. The monoisotopic (exact) mass is 279 g/mol. The maximum Gasteiger partial charge on any atom is 0.185 e. The highest BCUT2D eigenvalue weighted by Gasteiger charge is 2.39. The zero-order chi connectivity index (χ0) is 13.4. The lowest BCUT2D eigenvalue weighted by molar-refractivity contribution is 0.337. The number of hydrogen-bond donors (Lipinski definition) is 1. The molecule has 106 valence electrons. The van der Waals surface area contributed by atoms with Crippen LogP contribution in [0.25, 0.3) is 0 Å². The Bertz CT molecular complexity index is 431. The number of rotatable bonds is 5. The quantitative estimate of drug-likeness (QED) is 0.896. The van der Waals surface area contributed by atoms with Crippen molar-refractivity contribution in [2.75, 3.05) is 25.5 Å². The van der Waals surface area contributed by atoms with Crippen LogP contribution in [0.5, 0.6) is 0 Å². The highest BCUT2D eigenvalue weighted by Crippen LogP contribution is 2.48. The van der Waals surface area contributed by atoms with Gasteiger partial charge < -0.3 is 10.2 Å². The average Bonchev–Trinajstić information content (AvgIpc) is 3.13. The van der Waals surface area contributed by atoms with Gasteiger partial charge in [-0.2, -0.15) is 0 Å². The van der Waals surface area contributed by atoms with E-state index in [2.05, 4.69) is 29.2 Å². The molecular formula is C15H25N3S. The van der Waals surface area contributed by atoms with Crippen LogP contribution in [0.1, 0.15) is 43.5 Å². The predicted molar refractivity (Wildman–Crippen MR) is 81.8 cm³/mol. The van der Waals surface area contributed by atoms with Crippen LogP contribution in [-0.4, -0.2) is 25.6 Å². The lowest BCUT2D eigenvalue weighted by atomic mass is 9.88. The van der Waals surface area contributed by atoms with Crippen molar-refractivity contribution in [1.29, 1.82) is 0 Å². The van der Waals surface area contributed by atoms with Gasteiger partial charge >= 0.3 is 0 Å². The van der Waals surface area contributed by atoms with Crippen LogP contribution in [-0.2, 0) is 0 Å². The van der Waals surface area contributed by atoms with Crippen LogP contribution in [0.4, 0.5) is 5.13 Å². The van der Waals surface area contributed by atoms with Crippen LogP contribution in [0, 0.1) is 17.8 Å². The van der Waals surface area contributed by atoms with Gasteiger partial charge in [0.1, 0.15) is 0 Å². The van der Waals surface area contributed by atoms with Crippen LogP contribution in [0.15, 0.2) is 6.20 Å². The van der Waals surface area contributed by atoms with Crippen molar-refractivity contribution in [2.24, 2.45) is 17.8 Å². The third-order valence-electron chi connectivity index (χ3n) is 5.09. The first-order chi connectivity index (χ1) is 9.17. The average molecular weight is 279 g/mol. The number of hydrogen-bond acceptors (Lipinski definition) is 4. The first kappa shape index (κ1) is 13.4. The molecule has 1 aromatic heterocycles. The third-order valence-corrected chi connectivity index (χ3v) is 6.38. The first-order valence-electron chi connectivity index (χ1n) is 7.51. The second-order valence-corrected chi connectivity index (χ2v) is 7.41. The number of aromatic nitrogens is 1. The van der Waals surface area contributed by atoms with Crippen molar-refractivity contribution in [3.05, 3.63) is 11.1 Å².